The molecule has 2 atom stereocenters. The number of carbonyl (C=O) groups excluding carboxylic acids is 1. The first-order valence-corrected chi connectivity index (χ1v) is 6.39. The molecule has 0 N–H and O–H groups in total. The summed E-state index contributed by atoms with van der Waals surface area (Å²) in [5, 5.41) is 0. The van der Waals surface area contributed by atoms with Crippen molar-refractivity contribution in [1.29, 1.82) is 0 Å². The molecule has 0 aromatic rings. The summed E-state index contributed by atoms with van der Waals surface area (Å²) < 4.78 is 5.04. The SMILES string of the molecule is CCOC(=O)C1CC1CN(C(C)C)C(C)C. The van der Waals surface area contributed by atoms with Gasteiger partial charge in [-0.2, -0.15) is 0 Å². The van der Waals surface area contributed by atoms with Crippen LogP contribution in [-0.4, -0.2) is 36.1 Å². The van der Waals surface area contributed by atoms with Gasteiger partial charge in [0, 0.05) is 18.6 Å². The van der Waals surface area contributed by atoms with Gasteiger partial charge in [-0.15, -0.1) is 0 Å². The molecule has 1 rings (SSSR count). The Morgan fingerprint density at radius 1 is 1.31 bits per heavy atom. The maximum Gasteiger partial charge on any atom is 0.309 e. The molecule has 1 saturated carbocycles. The number of rotatable bonds is 6. The summed E-state index contributed by atoms with van der Waals surface area (Å²) in [6.07, 6.45) is 1.01. The zero-order chi connectivity index (χ0) is 12.3. The zero-order valence-electron chi connectivity index (χ0n) is 11.2. The van der Waals surface area contributed by atoms with Crippen LogP contribution in [0, 0.1) is 11.8 Å². The molecule has 1 aliphatic rings. The van der Waals surface area contributed by atoms with Gasteiger partial charge in [0.25, 0.3) is 0 Å². The van der Waals surface area contributed by atoms with Crippen LogP contribution in [0.1, 0.15) is 41.0 Å². The Bertz CT molecular complexity index is 230. The minimum atomic E-state index is -0.0000350. The van der Waals surface area contributed by atoms with Crippen molar-refractivity contribution in [1.82, 2.24) is 4.90 Å². The Morgan fingerprint density at radius 3 is 2.31 bits per heavy atom. The molecule has 0 radical (unpaired) electrons. The van der Waals surface area contributed by atoms with Crippen molar-refractivity contribution in [3.8, 4) is 0 Å². The summed E-state index contributed by atoms with van der Waals surface area (Å²) >= 11 is 0. The van der Waals surface area contributed by atoms with E-state index in [9.17, 15) is 4.79 Å². The minimum absolute atomic E-state index is 0.0000350. The Balaban J connectivity index is 2.37. The van der Waals surface area contributed by atoms with E-state index in [1.807, 2.05) is 6.92 Å². The predicted molar refractivity (Wildman–Crippen MR) is 65.2 cm³/mol. The molecule has 0 aromatic carbocycles. The molecule has 0 saturated heterocycles. The van der Waals surface area contributed by atoms with Crippen LogP contribution >= 0.6 is 0 Å². The molecule has 3 nitrogen and oxygen atoms in total. The van der Waals surface area contributed by atoms with Crippen molar-refractivity contribution in [2.45, 2.75) is 53.1 Å². The monoisotopic (exact) mass is 227 g/mol. The van der Waals surface area contributed by atoms with Crippen molar-refractivity contribution in [2.24, 2.45) is 11.8 Å². The fraction of sp³-hybridized carbons (Fsp3) is 0.923. The Hall–Kier alpha value is -0.570. The van der Waals surface area contributed by atoms with E-state index in [1.165, 1.54) is 0 Å². The van der Waals surface area contributed by atoms with Crippen LogP contribution in [0.3, 0.4) is 0 Å². The molecule has 1 fully saturated rings. The number of hydrogen-bond acceptors (Lipinski definition) is 3. The fourth-order valence-electron chi connectivity index (χ4n) is 2.28. The van der Waals surface area contributed by atoms with Gasteiger partial charge >= 0.3 is 5.97 Å². The van der Waals surface area contributed by atoms with Gasteiger partial charge in [-0.05, 0) is 47.0 Å². The number of nitrogens with zero attached hydrogens (tertiary/aromatic N) is 1. The van der Waals surface area contributed by atoms with Gasteiger partial charge in [-0.3, -0.25) is 9.69 Å². The quantitative estimate of drug-likeness (QED) is 0.652. The lowest BCUT2D eigenvalue weighted by atomic mass is 10.2. The summed E-state index contributed by atoms with van der Waals surface area (Å²) in [6.45, 7) is 12.2. The van der Waals surface area contributed by atoms with Gasteiger partial charge in [-0.25, -0.2) is 0 Å². The topological polar surface area (TPSA) is 29.5 Å². The average Bonchev–Trinajstić information content (AvgIpc) is 2.92. The molecule has 3 heteroatoms. The van der Waals surface area contributed by atoms with E-state index in [4.69, 9.17) is 4.74 Å². The molecular formula is C13H25NO2. The van der Waals surface area contributed by atoms with Gasteiger partial charge in [0.1, 0.15) is 0 Å². The van der Waals surface area contributed by atoms with Crippen molar-refractivity contribution >= 4 is 5.97 Å². The largest absolute Gasteiger partial charge is 0.466 e. The van der Waals surface area contributed by atoms with E-state index in [1.54, 1.807) is 0 Å². The van der Waals surface area contributed by atoms with E-state index in [0.29, 0.717) is 24.6 Å². The highest BCUT2D eigenvalue weighted by atomic mass is 16.5. The first kappa shape index (κ1) is 13.5. The Morgan fingerprint density at radius 2 is 1.88 bits per heavy atom. The Kier molecular flexibility index (Phi) is 4.78. The van der Waals surface area contributed by atoms with Crippen LogP contribution in [0.15, 0.2) is 0 Å². The van der Waals surface area contributed by atoms with Gasteiger partial charge in [0.2, 0.25) is 0 Å². The van der Waals surface area contributed by atoms with E-state index >= 15 is 0 Å². The number of esters is 1. The van der Waals surface area contributed by atoms with Crippen LogP contribution in [0.2, 0.25) is 0 Å². The summed E-state index contributed by atoms with van der Waals surface area (Å²) in [4.78, 5) is 13.9. The van der Waals surface area contributed by atoms with Crippen LogP contribution in [-0.2, 0) is 9.53 Å². The van der Waals surface area contributed by atoms with E-state index in [-0.39, 0.29) is 11.9 Å². The van der Waals surface area contributed by atoms with Crippen LogP contribution < -0.4 is 0 Å². The third kappa shape index (κ3) is 3.48. The molecule has 1 aliphatic carbocycles. The smallest absolute Gasteiger partial charge is 0.309 e. The summed E-state index contributed by atoms with van der Waals surface area (Å²) in [5.41, 5.74) is 0. The highest BCUT2D eigenvalue weighted by Gasteiger charge is 2.45. The first-order chi connectivity index (χ1) is 7.47. The molecule has 94 valence electrons. The van der Waals surface area contributed by atoms with Gasteiger partial charge < -0.3 is 4.74 Å². The highest BCUT2D eigenvalue weighted by molar-refractivity contribution is 5.75. The molecule has 2 unspecified atom stereocenters. The van der Waals surface area contributed by atoms with E-state index in [2.05, 4.69) is 32.6 Å². The van der Waals surface area contributed by atoms with Crippen LogP contribution in [0.25, 0.3) is 0 Å². The van der Waals surface area contributed by atoms with Gasteiger partial charge in [0.15, 0.2) is 0 Å². The second kappa shape index (κ2) is 5.67. The molecule has 0 bridgehead atoms. The lowest BCUT2D eigenvalue weighted by Crippen LogP contribution is -2.38. The summed E-state index contributed by atoms with van der Waals surface area (Å²) in [7, 11) is 0. The van der Waals surface area contributed by atoms with Crippen molar-refractivity contribution in [3.05, 3.63) is 0 Å². The van der Waals surface area contributed by atoms with E-state index in [0.717, 1.165) is 13.0 Å². The maximum absolute atomic E-state index is 11.5. The summed E-state index contributed by atoms with van der Waals surface area (Å²) in [6, 6.07) is 1.09. The fourth-order valence-corrected chi connectivity index (χ4v) is 2.28. The molecule has 0 aliphatic heterocycles. The normalized spacial score (nSPS) is 24.2. The molecule has 0 aromatic heterocycles. The van der Waals surface area contributed by atoms with Gasteiger partial charge in [0.05, 0.1) is 12.5 Å². The molecule has 0 heterocycles. The van der Waals surface area contributed by atoms with Crippen molar-refractivity contribution in [3.63, 3.8) is 0 Å². The number of ether oxygens (including phenoxy) is 1. The van der Waals surface area contributed by atoms with Crippen molar-refractivity contribution in [2.75, 3.05) is 13.2 Å². The maximum atomic E-state index is 11.5. The minimum Gasteiger partial charge on any atom is -0.466 e. The highest BCUT2D eigenvalue weighted by Crippen LogP contribution is 2.40. The van der Waals surface area contributed by atoms with Crippen LogP contribution in [0.5, 0.6) is 0 Å². The lowest BCUT2D eigenvalue weighted by Gasteiger charge is -2.30. The zero-order valence-corrected chi connectivity index (χ0v) is 11.2. The number of carbonyl (C=O) groups is 1. The second-order valence-corrected chi connectivity index (χ2v) is 5.24. The third-order valence-corrected chi connectivity index (χ3v) is 3.28. The first-order valence-electron chi connectivity index (χ1n) is 6.39. The van der Waals surface area contributed by atoms with Crippen LogP contribution in [0.4, 0.5) is 0 Å². The van der Waals surface area contributed by atoms with Gasteiger partial charge in [-0.1, -0.05) is 0 Å². The second-order valence-electron chi connectivity index (χ2n) is 5.24. The van der Waals surface area contributed by atoms with E-state index < -0.39 is 0 Å². The molecule has 0 spiro atoms. The molecule has 16 heavy (non-hydrogen) atoms. The standard InChI is InChI=1S/C13H25NO2/c1-6-16-13(15)12-7-11(12)8-14(9(2)3)10(4)5/h9-12H,6-8H2,1-5H3. The Labute approximate surface area is 99.1 Å². The lowest BCUT2D eigenvalue weighted by molar-refractivity contribution is -0.145. The average molecular weight is 227 g/mol. The third-order valence-electron chi connectivity index (χ3n) is 3.28. The summed E-state index contributed by atoms with van der Waals surface area (Å²) in [5.74, 6) is 0.684. The number of hydrogen-bond donors (Lipinski definition) is 0. The van der Waals surface area contributed by atoms with Crippen molar-refractivity contribution < 1.29 is 9.53 Å². The molecular weight excluding hydrogens is 202 g/mol. The molecule has 0 amide bonds. The predicted octanol–water partition coefficient (Wildman–Crippen LogP) is 2.30.